The van der Waals surface area contributed by atoms with E-state index in [9.17, 15) is 0 Å². The van der Waals surface area contributed by atoms with Crippen molar-refractivity contribution in [2.24, 2.45) is 0 Å². The minimum Gasteiger partial charge on any atom is -0.368 e. The van der Waals surface area contributed by atoms with E-state index in [1.807, 2.05) is 12.1 Å². The molecule has 1 saturated carbocycles. The van der Waals surface area contributed by atoms with Gasteiger partial charge in [0.15, 0.2) is 0 Å². The van der Waals surface area contributed by atoms with E-state index in [1.54, 1.807) is 0 Å². The zero-order chi connectivity index (χ0) is 19.6. The minimum atomic E-state index is 0.652. The fourth-order valence-corrected chi connectivity index (χ4v) is 5.30. The lowest BCUT2D eigenvalue weighted by Gasteiger charge is -2.39. The number of hydrogen-bond acceptors (Lipinski definition) is 2. The highest BCUT2D eigenvalue weighted by molar-refractivity contribution is 6.33. The first-order valence-electron chi connectivity index (χ1n) is 10.8. The summed E-state index contributed by atoms with van der Waals surface area (Å²) in [6.07, 6.45) is 3.85. The first-order chi connectivity index (χ1) is 14.3. The van der Waals surface area contributed by atoms with Gasteiger partial charge in [0.2, 0.25) is 0 Å². The van der Waals surface area contributed by atoms with Crippen LogP contribution in [0.15, 0.2) is 66.7 Å². The van der Waals surface area contributed by atoms with E-state index in [2.05, 4.69) is 69.4 Å². The molecule has 2 heterocycles. The monoisotopic (exact) mass is 405 g/mol. The summed E-state index contributed by atoms with van der Waals surface area (Å²) in [4.78, 5) is 8.82. The lowest BCUT2D eigenvalue weighted by Crippen LogP contribution is -2.49. The van der Waals surface area contributed by atoms with Crippen molar-refractivity contribution in [1.29, 1.82) is 0 Å². The fraction of sp³-hybridized carbons (Fsp3) is 0.360. The molecule has 0 bridgehead atoms. The van der Waals surface area contributed by atoms with Gasteiger partial charge in [0, 0.05) is 49.5 Å². The van der Waals surface area contributed by atoms with Gasteiger partial charge in [-0.15, -0.1) is 0 Å². The van der Waals surface area contributed by atoms with Crippen LogP contribution in [0.25, 0.3) is 11.3 Å². The quantitative estimate of drug-likeness (QED) is 0.593. The molecule has 1 aliphatic carbocycles. The maximum Gasteiger partial charge on any atom is 0.0639 e. The number of aromatic amines is 1. The average molecular weight is 406 g/mol. The first-order valence-corrected chi connectivity index (χ1v) is 11.1. The molecule has 3 nitrogen and oxygen atoms in total. The van der Waals surface area contributed by atoms with Crippen LogP contribution >= 0.6 is 11.6 Å². The summed E-state index contributed by atoms with van der Waals surface area (Å²) in [5.74, 6) is 0.652. The van der Waals surface area contributed by atoms with Crippen molar-refractivity contribution in [3.05, 3.63) is 77.4 Å². The normalized spacial score (nSPS) is 22.9. The molecule has 0 radical (unpaired) electrons. The number of hydrogen-bond donors (Lipinski definition) is 1. The van der Waals surface area contributed by atoms with Gasteiger partial charge in [-0.2, -0.15) is 0 Å². The molecule has 5 rings (SSSR count). The van der Waals surface area contributed by atoms with E-state index in [0.29, 0.717) is 12.0 Å². The smallest absolute Gasteiger partial charge is 0.0639 e. The summed E-state index contributed by atoms with van der Waals surface area (Å²) in [5.41, 5.74) is 5.08. The lowest BCUT2D eigenvalue weighted by molar-refractivity contribution is 0.186. The van der Waals surface area contributed by atoms with Crippen LogP contribution in [-0.4, -0.2) is 42.1 Å². The topological polar surface area (TPSA) is 22.3 Å². The van der Waals surface area contributed by atoms with Crippen LogP contribution in [0.5, 0.6) is 0 Å². The third-order valence-electron chi connectivity index (χ3n) is 6.66. The Morgan fingerprint density at radius 3 is 2.34 bits per heavy atom. The third-order valence-corrected chi connectivity index (χ3v) is 6.98. The zero-order valence-electron chi connectivity index (χ0n) is 16.7. The number of halogens is 1. The summed E-state index contributed by atoms with van der Waals surface area (Å²) < 4.78 is 0. The van der Waals surface area contributed by atoms with Crippen LogP contribution in [0, 0.1) is 0 Å². The van der Waals surface area contributed by atoms with E-state index in [0.717, 1.165) is 31.2 Å². The summed E-state index contributed by atoms with van der Waals surface area (Å²) in [7, 11) is 0. The molecule has 1 saturated heterocycles. The van der Waals surface area contributed by atoms with Crippen molar-refractivity contribution in [3.8, 4) is 11.3 Å². The zero-order valence-corrected chi connectivity index (χ0v) is 17.5. The molecule has 2 fully saturated rings. The summed E-state index contributed by atoms with van der Waals surface area (Å²) >= 11 is 6.40. The SMILES string of the molecule is Clc1ccccc1N1CCN([C@H]2CC[C@@H](c3ccc(-c4ccccc4)[nH]3)C2)CC1. The molecular weight excluding hydrogens is 378 g/mol. The molecular formula is C25H28ClN3. The highest BCUT2D eigenvalue weighted by Crippen LogP contribution is 2.38. The Labute approximate surface area is 178 Å². The number of nitrogens with zero attached hydrogens (tertiary/aromatic N) is 2. The summed E-state index contributed by atoms with van der Waals surface area (Å²) in [6.45, 7) is 4.38. The van der Waals surface area contributed by atoms with Gasteiger partial charge in [-0.25, -0.2) is 0 Å². The van der Waals surface area contributed by atoms with Gasteiger partial charge in [0.05, 0.1) is 10.7 Å². The number of nitrogens with one attached hydrogen (secondary N) is 1. The van der Waals surface area contributed by atoms with E-state index < -0.39 is 0 Å². The largest absolute Gasteiger partial charge is 0.368 e. The fourth-order valence-electron chi connectivity index (χ4n) is 5.04. The van der Waals surface area contributed by atoms with E-state index in [1.165, 1.54) is 41.9 Å². The van der Waals surface area contributed by atoms with Gasteiger partial charge in [0.1, 0.15) is 0 Å². The second kappa shape index (κ2) is 8.25. The maximum atomic E-state index is 6.40. The summed E-state index contributed by atoms with van der Waals surface area (Å²) in [6, 6.07) is 24.1. The Bertz CT molecular complexity index is 943. The molecule has 150 valence electrons. The Balaban J connectivity index is 1.19. The molecule has 1 aromatic heterocycles. The van der Waals surface area contributed by atoms with Gasteiger partial charge >= 0.3 is 0 Å². The van der Waals surface area contributed by atoms with Crippen LogP contribution in [0.4, 0.5) is 5.69 Å². The van der Waals surface area contributed by atoms with E-state index >= 15 is 0 Å². The van der Waals surface area contributed by atoms with Crippen LogP contribution in [0.2, 0.25) is 5.02 Å². The van der Waals surface area contributed by atoms with Crippen molar-refractivity contribution >= 4 is 17.3 Å². The summed E-state index contributed by atoms with van der Waals surface area (Å²) in [5, 5.41) is 0.864. The lowest BCUT2D eigenvalue weighted by atomic mass is 10.0. The number of para-hydroxylation sites is 1. The molecule has 1 N–H and O–H groups in total. The predicted molar refractivity (Wildman–Crippen MR) is 122 cm³/mol. The predicted octanol–water partition coefficient (Wildman–Crippen LogP) is 5.79. The molecule has 29 heavy (non-hydrogen) atoms. The van der Waals surface area contributed by atoms with E-state index in [4.69, 9.17) is 11.6 Å². The molecule has 0 amide bonds. The number of piperazine rings is 1. The number of aromatic nitrogens is 1. The Morgan fingerprint density at radius 1 is 0.793 bits per heavy atom. The number of H-pyrrole nitrogens is 1. The van der Waals surface area contributed by atoms with Gasteiger partial charge < -0.3 is 9.88 Å². The van der Waals surface area contributed by atoms with Crippen LogP contribution in [-0.2, 0) is 0 Å². The highest BCUT2D eigenvalue weighted by atomic mass is 35.5. The van der Waals surface area contributed by atoms with E-state index in [-0.39, 0.29) is 0 Å². The third kappa shape index (κ3) is 3.94. The maximum absolute atomic E-state index is 6.40. The first kappa shape index (κ1) is 18.8. The van der Waals surface area contributed by atoms with Crippen LogP contribution in [0.3, 0.4) is 0 Å². The molecule has 0 spiro atoms. The number of anilines is 1. The molecule has 2 atom stereocenters. The molecule has 2 aliphatic rings. The van der Waals surface area contributed by atoms with Crippen molar-refractivity contribution in [1.82, 2.24) is 9.88 Å². The van der Waals surface area contributed by atoms with Crippen molar-refractivity contribution in [2.45, 2.75) is 31.2 Å². The molecule has 2 aromatic carbocycles. The van der Waals surface area contributed by atoms with Crippen LogP contribution in [0.1, 0.15) is 30.9 Å². The van der Waals surface area contributed by atoms with Crippen molar-refractivity contribution in [2.75, 3.05) is 31.1 Å². The van der Waals surface area contributed by atoms with Crippen molar-refractivity contribution < 1.29 is 0 Å². The standard InChI is InChI=1S/C25H28ClN3/c26-22-8-4-5-9-25(22)29-16-14-28(15-17-29)21-11-10-20(18-21)24-13-12-23(27-24)19-6-2-1-3-7-19/h1-9,12-13,20-21,27H,10-11,14-18H2/t20-,21+/m1/s1. The van der Waals surface area contributed by atoms with Crippen molar-refractivity contribution in [3.63, 3.8) is 0 Å². The molecule has 1 aliphatic heterocycles. The number of benzene rings is 2. The van der Waals surface area contributed by atoms with Gasteiger partial charge in [-0.05, 0) is 49.1 Å². The Kier molecular flexibility index (Phi) is 5.34. The highest BCUT2D eigenvalue weighted by Gasteiger charge is 2.32. The van der Waals surface area contributed by atoms with Gasteiger partial charge in [0.25, 0.3) is 0 Å². The molecule has 3 aromatic rings. The second-order valence-electron chi connectivity index (χ2n) is 8.33. The van der Waals surface area contributed by atoms with Crippen LogP contribution < -0.4 is 4.90 Å². The second-order valence-corrected chi connectivity index (χ2v) is 8.74. The molecule has 0 unspecified atom stereocenters. The minimum absolute atomic E-state index is 0.652. The average Bonchev–Trinajstić information content (AvgIpc) is 3.45. The Morgan fingerprint density at radius 2 is 1.55 bits per heavy atom. The molecule has 4 heteroatoms. The Hall–Kier alpha value is -2.23. The van der Waals surface area contributed by atoms with Gasteiger partial charge in [-0.1, -0.05) is 54.1 Å². The van der Waals surface area contributed by atoms with Gasteiger partial charge in [-0.3, -0.25) is 4.90 Å². The number of rotatable bonds is 4.